The third-order valence-electron chi connectivity index (χ3n) is 4.59. The van der Waals surface area contributed by atoms with Crippen LogP contribution in [0, 0.1) is 5.92 Å². The van der Waals surface area contributed by atoms with Gasteiger partial charge in [0, 0.05) is 40.5 Å². The Morgan fingerprint density at radius 1 is 1.08 bits per heavy atom. The first-order chi connectivity index (χ1) is 11.5. The Bertz CT molecular complexity index is 318. The molecule has 0 amide bonds. The predicted molar refractivity (Wildman–Crippen MR) is 98.2 cm³/mol. The lowest BCUT2D eigenvalue weighted by Gasteiger charge is -2.29. The van der Waals surface area contributed by atoms with E-state index in [1.54, 1.807) is 21.3 Å². The SMILES string of the molecule is CCCCC(CC)CN(CCC[Si](OC)(OC)OC)CCC(=O)O. The summed E-state index contributed by atoms with van der Waals surface area (Å²) >= 11 is 0. The van der Waals surface area contributed by atoms with Gasteiger partial charge in [-0.3, -0.25) is 4.79 Å². The fourth-order valence-corrected chi connectivity index (χ4v) is 4.61. The zero-order valence-electron chi connectivity index (χ0n) is 16.2. The van der Waals surface area contributed by atoms with E-state index in [2.05, 4.69) is 18.7 Å². The Balaban J connectivity index is 4.55. The molecule has 0 aromatic heterocycles. The van der Waals surface area contributed by atoms with Crippen LogP contribution in [-0.4, -0.2) is 65.7 Å². The van der Waals surface area contributed by atoms with Gasteiger partial charge in [-0.25, -0.2) is 0 Å². The van der Waals surface area contributed by atoms with E-state index in [0.717, 1.165) is 32.0 Å². The van der Waals surface area contributed by atoms with E-state index < -0.39 is 14.8 Å². The van der Waals surface area contributed by atoms with Crippen LogP contribution in [0.4, 0.5) is 0 Å². The zero-order chi connectivity index (χ0) is 18.4. The molecule has 0 radical (unpaired) electrons. The third-order valence-corrected chi connectivity index (χ3v) is 7.42. The van der Waals surface area contributed by atoms with Crippen molar-refractivity contribution in [3.05, 3.63) is 0 Å². The molecule has 0 fully saturated rings. The highest BCUT2D eigenvalue weighted by Crippen LogP contribution is 2.18. The van der Waals surface area contributed by atoms with E-state index in [1.807, 2.05) is 0 Å². The molecule has 0 aromatic rings. The highest BCUT2D eigenvalue weighted by Gasteiger charge is 2.37. The summed E-state index contributed by atoms with van der Waals surface area (Å²) in [6, 6.07) is 0.742. The quantitative estimate of drug-likeness (QED) is 0.425. The molecule has 7 heteroatoms. The predicted octanol–water partition coefficient (Wildman–Crippen LogP) is 3.25. The molecule has 0 heterocycles. The minimum Gasteiger partial charge on any atom is -0.481 e. The second kappa shape index (κ2) is 13.8. The Labute approximate surface area is 148 Å². The van der Waals surface area contributed by atoms with Crippen LogP contribution in [0.3, 0.4) is 0 Å². The lowest BCUT2D eigenvalue weighted by molar-refractivity contribution is -0.137. The number of aliphatic carboxylic acids is 1. The molecule has 0 aliphatic heterocycles. The van der Waals surface area contributed by atoms with Crippen molar-refractivity contribution in [2.75, 3.05) is 41.0 Å². The van der Waals surface area contributed by atoms with Gasteiger partial charge in [0.25, 0.3) is 0 Å². The fraction of sp³-hybridized carbons (Fsp3) is 0.941. The highest BCUT2D eigenvalue weighted by atomic mass is 28.4. The number of hydrogen-bond donors (Lipinski definition) is 1. The maximum Gasteiger partial charge on any atom is 0.500 e. The minimum atomic E-state index is -2.54. The average molecular weight is 364 g/mol. The number of carboxylic acids is 1. The van der Waals surface area contributed by atoms with Crippen molar-refractivity contribution in [3.8, 4) is 0 Å². The maximum atomic E-state index is 10.9. The van der Waals surface area contributed by atoms with Crippen molar-refractivity contribution in [1.82, 2.24) is 4.90 Å². The van der Waals surface area contributed by atoms with E-state index in [4.69, 9.17) is 18.4 Å². The molecule has 1 atom stereocenters. The van der Waals surface area contributed by atoms with Crippen LogP contribution in [0.5, 0.6) is 0 Å². The minimum absolute atomic E-state index is 0.186. The van der Waals surface area contributed by atoms with Gasteiger partial charge in [0.15, 0.2) is 0 Å². The first-order valence-electron chi connectivity index (χ1n) is 9.06. The van der Waals surface area contributed by atoms with Gasteiger partial charge in [0.1, 0.15) is 0 Å². The molecular weight excluding hydrogens is 326 g/mol. The molecule has 0 aromatic carbocycles. The molecule has 1 unspecified atom stereocenters. The number of rotatable bonds is 16. The summed E-state index contributed by atoms with van der Waals surface area (Å²) in [5.74, 6) is -0.107. The van der Waals surface area contributed by atoms with Crippen LogP contribution >= 0.6 is 0 Å². The molecular formula is C17H37NO5Si. The van der Waals surface area contributed by atoms with Crippen LogP contribution in [0.25, 0.3) is 0 Å². The lowest BCUT2D eigenvalue weighted by atomic mass is 9.98. The van der Waals surface area contributed by atoms with Gasteiger partial charge in [-0.05, 0) is 25.3 Å². The summed E-state index contributed by atoms with van der Waals surface area (Å²) in [5.41, 5.74) is 0. The van der Waals surface area contributed by atoms with Crippen molar-refractivity contribution >= 4 is 14.8 Å². The number of unbranched alkanes of at least 4 members (excludes halogenated alkanes) is 1. The van der Waals surface area contributed by atoms with Gasteiger partial charge < -0.3 is 23.3 Å². The summed E-state index contributed by atoms with van der Waals surface area (Å²) in [5, 5.41) is 8.98. The number of carbonyl (C=O) groups is 1. The molecule has 24 heavy (non-hydrogen) atoms. The summed E-state index contributed by atoms with van der Waals surface area (Å²) in [7, 11) is 2.33. The number of carboxylic acid groups (broad SMARTS) is 1. The van der Waals surface area contributed by atoms with Gasteiger partial charge in [-0.2, -0.15) is 0 Å². The summed E-state index contributed by atoms with van der Waals surface area (Å²) in [6.45, 7) is 6.83. The molecule has 144 valence electrons. The maximum absolute atomic E-state index is 10.9. The fourth-order valence-electron chi connectivity index (χ4n) is 2.91. The van der Waals surface area contributed by atoms with Crippen molar-refractivity contribution in [1.29, 1.82) is 0 Å². The van der Waals surface area contributed by atoms with Crippen molar-refractivity contribution in [3.63, 3.8) is 0 Å². The summed E-state index contributed by atoms with van der Waals surface area (Å²) < 4.78 is 16.4. The highest BCUT2D eigenvalue weighted by molar-refractivity contribution is 6.60. The normalized spacial score (nSPS) is 13.4. The van der Waals surface area contributed by atoms with Gasteiger partial charge >= 0.3 is 14.8 Å². The topological polar surface area (TPSA) is 68.2 Å². The van der Waals surface area contributed by atoms with Gasteiger partial charge in [-0.1, -0.05) is 33.1 Å². The zero-order valence-corrected chi connectivity index (χ0v) is 17.2. The molecule has 0 aliphatic rings. The number of nitrogens with zero attached hydrogens (tertiary/aromatic N) is 1. The average Bonchev–Trinajstić information content (AvgIpc) is 2.59. The van der Waals surface area contributed by atoms with Crippen molar-refractivity contribution < 1.29 is 23.2 Å². The monoisotopic (exact) mass is 363 g/mol. The molecule has 1 N–H and O–H groups in total. The molecule has 0 aliphatic carbocycles. The summed E-state index contributed by atoms with van der Waals surface area (Å²) in [4.78, 5) is 13.2. The van der Waals surface area contributed by atoms with Crippen LogP contribution in [0.15, 0.2) is 0 Å². The molecule has 0 spiro atoms. The van der Waals surface area contributed by atoms with Crippen LogP contribution in [0.1, 0.15) is 52.4 Å². The van der Waals surface area contributed by atoms with E-state index in [0.29, 0.717) is 12.5 Å². The van der Waals surface area contributed by atoms with E-state index in [9.17, 15) is 4.79 Å². The molecule has 6 nitrogen and oxygen atoms in total. The molecule has 0 rings (SSSR count). The Hall–Kier alpha value is -0.473. The first-order valence-corrected chi connectivity index (χ1v) is 11.0. The second-order valence-electron chi connectivity index (χ2n) is 6.26. The van der Waals surface area contributed by atoms with Crippen molar-refractivity contribution in [2.45, 2.75) is 58.4 Å². The smallest absolute Gasteiger partial charge is 0.481 e. The largest absolute Gasteiger partial charge is 0.500 e. The Morgan fingerprint density at radius 2 is 1.71 bits per heavy atom. The van der Waals surface area contributed by atoms with Crippen LogP contribution in [0.2, 0.25) is 6.04 Å². The van der Waals surface area contributed by atoms with E-state index >= 15 is 0 Å². The van der Waals surface area contributed by atoms with E-state index in [-0.39, 0.29) is 6.42 Å². The Morgan fingerprint density at radius 3 is 2.17 bits per heavy atom. The first kappa shape index (κ1) is 23.5. The van der Waals surface area contributed by atoms with E-state index in [1.165, 1.54) is 19.3 Å². The molecule has 0 bridgehead atoms. The van der Waals surface area contributed by atoms with Crippen LogP contribution in [-0.2, 0) is 18.1 Å². The van der Waals surface area contributed by atoms with Gasteiger partial charge in [0.05, 0.1) is 6.42 Å². The standard InChI is InChI=1S/C17H37NO5Si/c1-6-8-10-16(7-2)15-18(13-11-17(19)20)12-9-14-24(21-3,22-4)23-5/h16H,6-15H2,1-5H3,(H,19,20). The molecule has 0 saturated carbocycles. The van der Waals surface area contributed by atoms with Crippen LogP contribution < -0.4 is 0 Å². The third kappa shape index (κ3) is 9.73. The lowest BCUT2D eigenvalue weighted by Crippen LogP contribution is -2.43. The Kier molecular flexibility index (Phi) is 13.5. The van der Waals surface area contributed by atoms with Gasteiger partial charge in [0.2, 0.25) is 0 Å². The molecule has 0 saturated heterocycles. The number of hydrogen-bond acceptors (Lipinski definition) is 5. The second-order valence-corrected chi connectivity index (χ2v) is 9.35. The summed E-state index contributed by atoms with van der Waals surface area (Å²) in [6.07, 6.45) is 5.85. The van der Waals surface area contributed by atoms with Gasteiger partial charge in [-0.15, -0.1) is 0 Å². The van der Waals surface area contributed by atoms with Crippen molar-refractivity contribution in [2.24, 2.45) is 5.92 Å².